The first kappa shape index (κ1) is 24.2. The van der Waals surface area contributed by atoms with Crippen LogP contribution in [0.3, 0.4) is 0 Å². The molecule has 1 aromatic carbocycles. The summed E-state index contributed by atoms with van der Waals surface area (Å²) in [6.45, 7) is 2.64. The molecule has 33 heavy (non-hydrogen) atoms. The molecule has 178 valence electrons. The third-order valence-electron chi connectivity index (χ3n) is 5.25. The highest BCUT2D eigenvalue weighted by atomic mass is 19.4. The van der Waals surface area contributed by atoms with E-state index in [0.717, 1.165) is 18.5 Å². The number of rotatable bonds is 8. The van der Waals surface area contributed by atoms with Crippen molar-refractivity contribution in [1.82, 2.24) is 9.97 Å². The number of hydrogen-bond acceptors (Lipinski definition) is 8. The second-order valence-electron chi connectivity index (χ2n) is 7.42. The summed E-state index contributed by atoms with van der Waals surface area (Å²) in [5.74, 6) is -0.742. The van der Waals surface area contributed by atoms with Crippen LogP contribution in [0.25, 0.3) is 0 Å². The number of piperidine rings is 1. The summed E-state index contributed by atoms with van der Waals surface area (Å²) < 4.78 is 49.1. The predicted molar refractivity (Wildman–Crippen MR) is 111 cm³/mol. The molecule has 2 aromatic rings. The minimum atomic E-state index is -4.46. The van der Waals surface area contributed by atoms with E-state index in [9.17, 15) is 28.1 Å². The summed E-state index contributed by atoms with van der Waals surface area (Å²) in [6, 6.07) is 4.79. The van der Waals surface area contributed by atoms with Gasteiger partial charge in [0.2, 0.25) is 5.82 Å². The third-order valence-corrected chi connectivity index (χ3v) is 5.25. The van der Waals surface area contributed by atoms with E-state index < -0.39 is 22.4 Å². The zero-order valence-electron chi connectivity index (χ0n) is 17.9. The summed E-state index contributed by atoms with van der Waals surface area (Å²) >= 11 is 0. The van der Waals surface area contributed by atoms with Crippen LogP contribution in [0.15, 0.2) is 30.6 Å². The van der Waals surface area contributed by atoms with Gasteiger partial charge in [0.05, 0.1) is 29.6 Å². The van der Waals surface area contributed by atoms with Gasteiger partial charge in [-0.25, -0.2) is 4.98 Å². The van der Waals surface area contributed by atoms with Gasteiger partial charge in [0.1, 0.15) is 6.33 Å². The lowest BCUT2D eigenvalue weighted by Crippen LogP contribution is -2.37. The van der Waals surface area contributed by atoms with Gasteiger partial charge in [-0.2, -0.15) is 18.2 Å². The molecule has 0 bridgehead atoms. The lowest BCUT2D eigenvalue weighted by Gasteiger charge is -2.31. The predicted octanol–water partition coefficient (Wildman–Crippen LogP) is 3.80. The number of esters is 1. The van der Waals surface area contributed by atoms with E-state index >= 15 is 0 Å². The highest BCUT2D eigenvalue weighted by molar-refractivity contribution is 5.73. The molecule has 1 aliphatic heterocycles. The van der Waals surface area contributed by atoms with Crippen molar-refractivity contribution in [2.24, 2.45) is 5.92 Å². The van der Waals surface area contributed by atoms with Gasteiger partial charge < -0.3 is 14.4 Å². The Balaban J connectivity index is 1.69. The van der Waals surface area contributed by atoms with Crippen LogP contribution in [0.5, 0.6) is 5.88 Å². The molecule has 9 nitrogen and oxygen atoms in total. The Hall–Kier alpha value is -3.44. The van der Waals surface area contributed by atoms with Gasteiger partial charge in [-0.15, -0.1) is 0 Å². The monoisotopic (exact) mass is 468 g/mol. The number of aromatic nitrogens is 2. The van der Waals surface area contributed by atoms with Crippen LogP contribution in [0, 0.1) is 16.0 Å². The molecule has 1 aliphatic rings. The number of halogens is 3. The first-order chi connectivity index (χ1) is 15.7. The van der Waals surface area contributed by atoms with Crippen LogP contribution < -0.4 is 9.64 Å². The summed E-state index contributed by atoms with van der Waals surface area (Å²) in [4.78, 5) is 32.6. The summed E-state index contributed by atoms with van der Waals surface area (Å²) in [7, 11) is 0. The number of carbonyl (C=O) groups is 1. The van der Waals surface area contributed by atoms with Gasteiger partial charge in [-0.3, -0.25) is 14.9 Å². The number of benzene rings is 1. The minimum Gasteiger partial charge on any atom is -0.472 e. The molecule has 0 aliphatic carbocycles. The first-order valence-corrected chi connectivity index (χ1v) is 10.4. The molecular formula is C21H23F3N4O5. The fourth-order valence-electron chi connectivity index (χ4n) is 3.61. The Morgan fingerprint density at radius 2 is 2.00 bits per heavy atom. The van der Waals surface area contributed by atoms with Crippen molar-refractivity contribution >= 4 is 17.5 Å². The molecule has 1 fully saturated rings. The van der Waals surface area contributed by atoms with Gasteiger partial charge >= 0.3 is 17.8 Å². The number of nitrogens with zero attached hydrogens (tertiary/aromatic N) is 4. The lowest BCUT2D eigenvalue weighted by atomic mass is 9.97. The molecule has 0 radical (unpaired) electrons. The average Bonchev–Trinajstić information content (AvgIpc) is 2.78. The van der Waals surface area contributed by atoms with Gasteiger partial charge in [-0.05, 0) is 31.4 Å². The van der Waals surface area contributed by atoms with Crippen LogP contribution in [0.2, 0.25) is 0 Å². The van der Waals surface area contributed by atoms with Crippen LogP contribution in [0.1, 0.15) is 30.9 Å². The minimum absolute atomic E-state index is 0.0753. The second kappa shape index (κ2) is 10.5. The van der Waals surface area contributed by atoms with Crippen LogP contribution in [-0.4, -0.2) is 47.2 Å². The van der Waals surface area contributed by atoms with Crippen molar-refractivity contribution in [1.29, 1.82) is 0 Å². The normalized spacial score (nSPS) is 14.7. The Bertz CT molecular complexity index is 994. The van der Waals surface area contributed by atoms with E-state index in [2.05, 4.69) is 9.97 Å². The Morgan fingerprint density at radius 1 is 1.27 bits per heavy atom. The third kappa shape index (κ3) is 6.08. The smallest absolute Gasteiger partial charge is 0.416 e. The van der Waals surface area contributed by atoms with Gasteiger partial charge in [-0.1, -0.05) is 18.2 Å². The molecule has 0 N–H and O–H groups in total. The largest absolute Gasteiger partial charge is 0.472 e. The fourth-order valence-corrected chi connectivity index (χ4v) is 3.61. The zero-order chi connectivity index (χ0) is 24.0. The van der Waals surface area contributed by atoms with E-state index in [1.165, 1.54) is 12.1 Å². The molecule has 0 saturated carbocycles. The second-order valence-corrected chi connectivity index (χ2v) is 7.42. The fraction of sp³-hybridized carbons (Fsp3) is 0.476. The van der Waals surface area contributed by atoms with Crippen molar-refractivity contribution in [2.75, 3.05) is 31.2 Å². The van der Waals surface area contributed by atoms with Crippen molar-refractivity contribution in [2.45, 2.75) is 32.4 Å². The molecule has 1 saturated heterocycles. The SMILES string of the molecule is CCOC(=O)C1CCN(c2ncnc(OCCc3cccc(C(F)(F)F)c3)c2[N+](=O)[O-])CC1. The Morgan fingerprint density at radius 3 is 2.64 bits per heavy atom. The number of anilines is 1. The number of hydrogen-bond donors (Lipinski definition) is 0. The van der Waals surface area contributed by atoms with E-state index in [-0.39, 0.29) is 43.2 Å². The molecular weight excluding hydrogens is 445 g/mol. The molecule has 3 rings (SSSR count). The topological polar surface area (TPSA) is 108 Å². The Labute approximate surface area is 187 Å². The Kier molecular flexibility index (Phi) is 7.67. The quantitative estimate of drug-likeness (QED) is 0.327. The molecule has 0 amide bonds. The molecule has 2 heterocycles. The van der Waals surface area contributed by atoms with Crippen molar-refractivity contribution in [3.8, 4) is 5.88 Å². The van der Waals surface area contributed by atoms with Crippen LogP contribution in [0.4, 0.5) is 24.7 Å². The van der Waals surface area contributed by atoms with E-state index in [1.54, 1.807) is 11.8 Å². The van der Waals surface area contributed by atoms with E-state index in [0.29, 0.717) is 31.5 Å². The summed E-state index contributed by atoms with van der Waals surface area (Å²) in [5.41, 5.74) is -0.819. The maximum atomic E-state index is 12.9. The van der Waals surface area contributed by atoms with Gasteiger partial charge in [0, 0.05) is 19.5 Å². The van der Waals surface area contributed by atoms with Gasteiger partial charge in [0.25, 0.3) is 5.88 Å². The zero-order valence-corrected chi connectivity index (χ0v) is 17.9. The number of nitro groups is 1. The number of ether oxygens (including phenoxy) is 2. The maximum absolute atomic E-state index is 12.9. The number of alkyl halides is 3. The van der Waals surface area contributed by atoms with Crippen molar-refractivity contribution < 1.29 is 32.4 Å². The van der Waals surface area contributed by atoms with Crippen LogP contribution in [-0.2, 0) is 22.1 Å². The summed E-state index contributed by atoms with van der Waals surface area (Å²) in [6.07, 6.45) is -2.29. The average molecular weight is 468 g/mol. The standard InChI is InChI=1S/C21H23F3N4O5/c1-2-32-20(29)15-6-9-27(10-7-15)18-17(28(30)31)19(26-13-25-18)33-11-8-14-4-3-5-16(12-14)21(22,23)24/h3-5,12-13,15H,2,6-11H2,1H3. The molecule has 12 heteroatoms. The van der Waals surface area contributed by atoms with E-state index in [1.807, 2.05) is 0 Å². The molecule has 1 aromatic heterocycles. The van der Waals surface area contributed by atoms with Crippen LogP contribution >= 0.6 is 0 Å². The maximum Gasteiger partial charge on any atom is 0.416 e. The highest BCUT2D eigenvalue weighted by Gasteiger charge is 2.33. The van der Waals surface area contributed by atoms with E-state index in [4.69, 9.17) is 9.47 Å². The number of carbonyl (C=O) groups excluding carboxylic acids is 1. The molecule has 0 unspecified atom stereocenters. The molecule has 0 atom stereocenters. The highest BCUT2D eigenvalue weighted by Crippen LogP contribution is 2.35. The van der Waals surface area contributed by atoms with Crippen molar-refractivity contribution in [3.05, 3.63) is 51.8 Å². The lowest BCUT2D eigenvalue weighted by molar-refractivity contribution is -0.385. The summed E-state index contributed by atoms with van der Waals surface area (Å²) in [5, 5.41) is 11.8. The van der Waals surface area contributed by atoms with Gasteiger partial charge in [0.15, 0.2) is 0 Å². The molecule has 0 spiro atoms. The first-order valence-electron chi connectivity index (χ1n) is 10.4. The van der Waals surface area contributed by atoms with Crippen molar-refractivity contribution in [3.63, 3.8) is 0 Å².